The Kier molecular flexibility index (Phi) is 4.20. The summed E-state index contributed by atoms with van der Waals surface area (Å²) in [6, 6.07) is 5.87. The second-order valence-corrected chi connectivity index (χ2v) is 7.09. The van der Waals surface area contributed by atoms with Crippen LogP contribution in [0.4, 0.5) is 0 Å². The van der Waals surface area contributed by atoms with Crippen LogP contribution in [0.3, 0.4) is 0 Å². The van der Waals surface area contributed by atoms with Crippen LogP contribution in [0.1, 0.15) is 29.2 Å². The second-order valence-electron chi connectivity index (χ2n) is 5.93. The van der Waals surface area contributed by atoms with Gasteiger partial charge in [-0.1, -0.05) is 24.3 Å². The maximum atomic E-state index is 7.64. The number of hydrogen-bond acceptors (Lipinski definition) is 4. The number of ether oxygens (including phenoxy) is 2. The fourth-order valence-electron chi connectivity index (χ4n) is 3.30. The molecule has 1 aliphatic carbocycles. The van der Waals surface area contributed by atoms with Gasteiger partial charge in [0.25, 0.3) is 0 Å². The molecule has 0 saturated heterocycles. The maximum absolute atomic E-state index is 7.64. The van der Waals surface area contributed by atoms with Gasteiger partial charge in [-0.25, -0.2) is 4.85 Å². The molecule has 7 heteroatoms. The minimum atomic E-state index is -0.342. The minimum absolute atomic E-state index is 0.0971. The van der Waals surface area contributed by atoms with E-state index >= 15 is 0 Å². The van der Waals surface area contributed by atoms with E-state index in [-0.39, 0.29) is 11.8 Å². The summed E-state index contributed by atoms with van der Waals surface area (Å²) in [5, 5.41) is 7.36. The quantitative estimate of drug-likeness (QED) is 0.540. The lowest BCUT2D eigenvalue weighted by Gasteiger charge is -2.24. The summed E-state index contributed by atoms with van der Waals surface area (Å²) in [5.41, 5.74) is 10.2. The van der Waals surface area contributed by atoms with E-state index in [4.69, 9.17) is 21.8 Å². The second kappa shape index (κ2) is 6.53. The van der Waals surface area contributed by atoms with Crippen molar-refractivity contribution in [1.82, 2.24) is 10.2 Å². The molecule has 1 atom stereocenters. The fraction of sp³-hybridized carbons (Fsp3) is 0.158. The summed E-state index contributed by atoms with van der Waals surface area (Å²) < 4.78 is 11.9. The molecule has 3 N–H and O–H groups in total. The molecule has 6 nitrogen and oxygen atoms in total. The van der Waals surface area contributed by atoms with E-state index in [1.807, 2.05) is 30.4 Å². The Hall–Kier alpha value is -2.73. The summed E-state index contributed by atoms with van der Waals surface area (Å²) in [6.07, 6.45) is 6.95. The molecule has 2 aromatic rings. The Balaban J connectivity index is 1.91. The summed E-state index contributed by atoms with van der Waals surface area (Å²) in [5.74, 6) is 0.970. The molecule has 0 saturated carbocycles. The van der Waals surface area contributed by atoms with Crippen molar-refractivity contribution >= 4 is 28.2 Å². The molecule has 1 aromatic heterocycles. The van der Waals surface area contributed by atoms with Crippen molar-refractivity contribution in [2.45, 2.75) is 12.3 Å². The zero-order chi connectivity index (χ0) is 18.3. The number of nitrogens with zero attached hydrogens (tertiary/aromatic N) is 2. The van der Waals surface area contributed by atoms with Gasteiger partial charge < -0.3 is 15.2 Å². The fourth-order valence-corrected chi connectivity index (χ4v) is 4.06. The predicted octanol–water partition coefficient (Wildman–Crippen LogP) is 3.94. The third-order valence-electron chi connectivity index (χ3n) is 4.51. The Morgan fingerprint density at radius 3 is 2.96 bits per heavy atom. The Morgan fingerprint density at radius 2 is 2.31 bits per heavy atom. The highest BCUT2D eigenvalue weighted by Crippen LogP contribution is 2.46. The Morgan fingerprint density at radius 1 is 1.46 bits per heavy atom. The molecule has 0 radical (unpaired) electrons. The third kappa shape index (κ3) is 2.57. The number of allylic oxidation sites excluding steroid dienone is 5. The number of nitrogens with two attached hydrogens (primary N) is 1. The van der Waals surface area contributed by atoms with Crippen molar-refractivity contribution in [1.29, 1.82) is 0 Å². The Bertz CT molecular complexity index is 1030. The van der Waals surface area contributed by atoms with Gasteiger partial charge in [0, 0.05) is 5.56 Å². The van der Waals surface area contributed by atoms with E-state index in [9.17, 15) is 0 Å². The number of halogens is 1. The first kappa shape index (κ1) is 16.7. The average Bonchev–Trinajstić information content (AvgIpc) is 3.29. The largest absolute Gasteiger partial charge is 0.496 e. The first-order chi connectivity index (χ1) is 12.6. The highest BCUT2D eigenvalue weighted by molar-refractivity contribution is 14.1. The lowest BCUT2D eigenvalue weighted by molar-refractivity contribution is 0.378. The predicted molar refractivity (Wildman–Crippen MR) is 106 cm³/mol. The van der Waals surface area contributed by atoms with E-state index in [1.54, 1.807) is 7.11 Å². The monoisotopic (exact) mass is 458 g/mol. The SMILES string of the molecule is [C-]#[N+]C1=C(N)Oc2n[nH]c(C3=CC=CC3)c2C1c1ccc(OC)c(I)c1. The molecule has 1 aliphatic heterocycles. The van der Waals surface area contributed by atoms with Crippen LogP contribution in [0.15, 0.2) is 48.0 Å². The highest BCUT2D eigenvalue weighted by atomic mass is 127. The number of aromatic amines is 1. The van der Waals surface area contributed by atoms with E-state index in [0.717, 1.165) is 38.1 Å². The summed E-state index contributed by atoms with van der Waals surface area (Å²) in [6.45, 7) is 7.64. The number of aromatic nitrogens is 2. The number of H-pyrrole nitrogens is 1. The number of hydrogen-bond donors (Lipinski definition) is 2. The van der Waals surface area contributed by atoms with E-state index in [2.05, 4.69) is 43.7 Å². The average molecular weight is 458 g/mol. The molecule has 1 aromatic carbocycles. The molecule has 0 spiro atoms. The van der Waals surface area contributed by atoms with Crippen LogP contribution in [-0.4, -0.2) is 17.3 Å². The minimum Gasteiger partial charge on any atom is -0.496 e. The van der Waals surface area contributed by atoms with Crippen LogP contribution >= 0.6 is 22.6 Å². The van der Waals surface area contributed by atoms with Gasteiger partial charge in [0.1, 0.15) is 5.75 Å². The van der Waals surface area contributed by atoms with Crippen molar-refractivity contribution in [3.8, 4) is 11.6 Å². The summed E-state index contributed by atoms with van der Waals surface area (Å²) in [7, 11) is 1.64. The van der Waals surface area contributed by atoms with Crippen LogP contribution < -0.4 is 15.2 Å². The van der Waals surface area contributed by atoms with Gasteiger partial charge >= 0.3 is 0 Å². The van der Waals surface area contributed by atoms with Gasteiger partial charge in [0.05, 0.1) is 28.9 Å². The molecule has 4 rings (SSSR count). The van der Waals surface area contributed by atoms with Gasteiger partial charge in [-0.15, -0.1) is 5.10 Å². The molecule has 2 heterocycles. The van der Waals surface area contributed by atoms with Gasteiger partial charge in [-0.2, -0.15) is 0 Å². The highest BCUT2D eigenvalue weighted by Gasteiger charge is 2.36. The summed E-state index contributed by atoms with van der Waals surface area (Å²) >= 11 is 2.23. The van der Waals surface area contributed by atoms with Gasteiger partial charge in [0.2, 0.25) is 11.6 Å². The first-order valence-corrected chi connectivity index (χ1v) is 9.04. The zero-order valence-electron chi connectivity index (χ0n) is 13.9. The number of rotatable bonds is 3. The van der Waals surface area contributed by atoms with Crippen LogP contribution in [0.5, 0.6) is 11.6 Å². The van der Waals surface area contributed by atoms with Gasteiger partial charge in [-0.05, 0) is 52.3 Å². The number of fused-ring (bicyclic) bond motifs is 1. The van der Waals surface area contributed by atoms with Gasteiger partial charge in [0.15, 0.2) is 5.88 Å². The first-order valence-electron chi connectivity index (χ1n) is 7.96. The molecule has 0 bridgehead atoms. The molecule has 2 aliphatic rings. The van der Waals surface area contributed by atoms with Crippen molar-refractivity contribution in [3.63, 3.8) is 0 Å². The maximum Gasteiger partial charge on any atom is 0.241 e. The van der Waals surface area contributed by atoms with Crippen LogP contribution in [0.25, 0.3) is 10.4 Å². The third-order valence-corrected chi connectivity index (χ3v) is 5.36. The van der Waals surface area contributed by atoms with Crippen molar-refractivity contribution in [2.75, 3.05) is 7.11 Å². The van der Waals surface area contributed by atoms with Crippen molar-refractivity contribution in [2.24, 2.45) is 5.73 Å². The topological polar surface area (TPSA) is 77.5 Å². The molecule has 26 heavy (non-hydrogen) atoms. The molecule has 0 amide bonds. The lowest BCUT2D eigenvalue weighted by Crippen LogP contribution is -2.20. The molecular formula is C19H15IN4O2. The Labute approximate surface area is 164 Å². The number of methoxy groups -OCH3 is 1. The molecule has 0 fully saturated rings. The van der Waals surface area contributed by atoms with Crippen LogP contribution in [0, 0.1) is 10.1 Å². The number of benzene rings is 1. The van der Waals surface area contributed by atoms with E-state index < -0.39 is 0 Å². The zero-order valence-corrected chi connectivity index (χ0v) is 16.1. The van der Waals surface area contributed by atoms with E-state index in [0.29, 0.717) is 11.6 Å². The van der Waals surface area contributed by atoms with Gasteiger partial charge in [-0.3, -0.25) is 5.10 Å². The smallest absolute Gasteiger partial charge is 0.241 e. The van der Waals surface area contributed by atoms with E-state index in [1.165, 1.54) is 0 Å². The molecular weight excluding hydrogens is 443 g/mol. The van der Waals surface area contributed by atoms with Crippen LogP contribution in [-0.2, 0) is 0 Å². The lowest BCUT2D eigenvalue weighted by atomic mass is 9.85. The standard InChI is InChI=1S/C19H15IN4O2/c1-22-17-14(11-7-8-13(25-2)12(20)9-11)15-16(10-5-3-4-6-10)23-24-19(15)26-18(17)21/h3-5,7-9,14H,6,21H2,2H3,(H,23,24). The van der Waals surface area contributed by atoms with Crippen LogP contribution in [0.2, 0.25) is 0 Å². The van der Waals surface area contributed by atoms with Crippen molar-refractivity contribution in [3.05, 3.63) is 79.8 Å². The molecule has 1 unspecified atom stereocenters. The van der Waals surface area contributed by atoms with Crippen molar-refractivity contribution < 1.29 is 9.47 Å². The number of nitrogens with one attached hydrogen (secondary N) is 1. The summed E-state index contributed by atoms with van der Waals surface area (Å²) in [4.78, 5) is 3.67. The molecule has 130 valence electrons. The normalized spacial score (nSPS) is 18.2.